The molecule has 0 bridgehead atoms. The second kappa shape index (κ2) is 9.89. The largest absolute Gasteiger partial charge is 0.489 e. The molecule has 1 fully saturated rings. The Kier molecular flexibility index (Phi) is 7.03. The van der Waals surface area contributed by atoms with E-state index in [1.807, 2.05) is 54.6 Å². The van der Waals surface area contributed by atoms with Crippen LogP contribution in [0.15, 0.2) is 66.9 Å². The number of nitrogens with one attached hydrogen (secondary N) is 1. The van der Waals surface area contributed by atoms with Crippen LogP contribution in [0.2, 0.25) is 0 Å². The van der Waals surface area contributed by atoms with E-state index < -0.39 is 17.8 Å². The highest BCUT2D eigenvalue weighted by Crippen LogP contribution is 2.40. The van der Waals surface area contributed by atoms with Crippen LogP contribution in [0, 0.1) is 5.92 Å². The van der Waals surface area contributed by atoms with Gasteiger partial charge in [0, 0.05) is 25.1 Å². The van der Waals surface area contributed by atoms with Crippen molar-refractivity contribution in [1.82, 2.24) is 5.32 Å². The third kappa shape index (κ3) is 5.23. The first-order valence-corrected chi connectivity index (χ1v) is 9.50. The second-order valence-corrected chi connectivity index (χ2v) is 6.83. The lowest BCUT2D eigenvalue weighted by Crippen LogP contribution is -2.41. The molecule has 1 aliphatic rings. The molecule has 1 saturated heterocycles. The van der Waals surface area contributed by atoms with Gasteiger partial charge >= 0.3 is 5.97 Å². The molecule has 0 radical (unpaired) electrons. The van der Waals surface area contributed by atoms with Gasteiger partial charge in [-0.05, 0) is 17.2 Å². The molecule has 0 aliphatic carbocycles. The number of methoxy groups -OCH3 is 1. The molecule has 1 amide bonds. The number of ether oxygens (including phenoxy) is 3. The summed E-state index contributed by atoms with van der Waals surface area (Å²) in [6.07, 6.45) is 0.148. The van der Waals surface area contributed by atoms with Crippen LogP contribution in [0.25, 0.3) is 0 Å². The number of amides is 1. The smallest absolute Gasteiger partial charge is 0.315 e. The molecule has 1 N–H and O–H groups in total. The van der Waals surface area contributed by atoms with Gasteiger partial charge in [-0.1, -0.05) is 55.1 Å². The van der Waals surface area contributed by atoms with Gasteiger partial charge in [0.15, 0.2) is 0 Å². The summed E-state index contributed by atoms with van der Waals surface area (Å²) in [6, 6.07) is 17.3. The topological polar surface area (TPSA) is 73.9 Å². The Morgan fingerprint density at radius 1 is 1.10 bits per heavy atom. The molecule has 29 heavy (non-hydrogen) atoms. The number of hydrogen-bond acceptors (Lipinski definition) is 5. The zero-order chi connectivity index (χ0) is 20.6. The Balaban J connectivity index is 1.84. The van der Waals surface area contributed by atoms with E-state index >= 15 is 0 Å². The number of esters is 1. The van der Waals surface area contributed by atoms with Crippen molar-refractivity contribution in [2.24, 2.45) is 5.92 Å². The molecule has 3 rings (SSSR count). The van der Waals surface area contributed by atoms with Crippen molar-refractivity contribution in [3.8, 4) is 5.75 Å². The van der Waals surface area contributed by atoms with Gasteiger partial charge in [0.2, 0.25) is 5.91 Å². The van der Waals surface area contributed by atoms with Crippen molar-refractivity contribution in [3.63, 3.8) is 0 Å². The summed E-state index contributed by atoms with van der Waals surface area (Å²) < 4.78 is 16.3. The Bertz CT molecular complexity index is 865. The maximum atomic E-state index is 12.7. The minimum Gasteiger partial charge on any atom is -0.489 e. The minimum absolute atomic E-state index is 0.145. The van der Waals surface area contributed by atoms with Crippen molar-refractivity contribution in [1.29, 1.82) is 0 Å². The summed E-state index contributed by atoms with van der Waals surface area (Å²) in [4.78, 5) is 24.9. The first-order valence-electron chi connectivity index (χ1n) is 9.50. The summed E-state index contributed by atoms with van der Waals surface area (Å²) in [6.45, 7) is 4.73. The minimum atomic E-state index is -0.689. The van der Waals surface area contributed by atoms with E-state index in [0.29, 0.717) is 24.7 Å². The van der Waals surface area contributed by atoms with E-state index in [-0.39, 0.29) is 18.9 Å². The maximum Gasteiger partial charge on any atom is 0.315 e. The van der Waals surface area contributed by atoms with Crippen LogP contribution >= 0.6 is 0 Å². The van der Waals surface area contributed by atoms with Crippen LogP contribution in [0.1, 0.15) is 23.5 Å². The molecule has 2 atom stereocenters. The summed E-state index contributed by atoms with van der Waals surface area (Å²) in [5.74, 6) is -1.09. The number of rotatable bonds is 8. The zero-order valence-electron chi connectivity index (χ0n) is 16.4. The third-order valence-electron chi connectivity index (χ3n) is 4.82. The Hall–Kier alpha value is -3.12. The molecular formula is C23H25NO5. The van der Waals surface area contributed by atoms with Crippen LogP contribution in [0.3, 0.4) is 0 Å². The highest BCUT2D eigenvalue weighted by molar-refractivity contribution is 5.87. The predicted molar refractivity (Wildman–Crippen MR) is 108 cm³/mol. The lowest BCUT2D eigenvalue weighted by Gasteiger charge is -2.32. The lowest BCUT2D eigenvalue weighted by atomic mass is 9.78. The number of hydrogen-bond donors (Lipinski definition) is 1. The first-order chi connectivity index (χ1) is 14.1. The molecule has 2 aromatic rings. The fourth-order valence-electron chi connectivity index (χ4n) is 3.43. The SMILES string of the molecule is C=C1NC(=O)C[C@@H](c2ccccc2OCc2ccccc2)[C@@H]1C(=O)OCCOC. The van der Waals surface area contributed by atoms with Crippen molar-refractivity contribution in [2.75, 3.05) is 20.3 Å². The van der Waals surface area contributed by atoms with Crippen molar-refractivity contribution < 1.29 is 23.8 Å². The van der Waals surface area contributed by atoms with Crippen molar-refractivity contribution in [3.05, 3.63) is 78.0 Å². The van der Waals surface area contributed by atoms with Crippen molar-refractivity contribution >= 4 is 11.9 Å². The van der Waals surface area contributed by atoms with E-state index in [2.05, 4.69) is 11.9 Å². The molecule has 6 heteroatoms. The Morgan fingerprint density at radius 3 is 2.59 bits per heavy atom. The van der Waals surface area contributed by atoms with E-state index in [4.69, 9.17) is 14.2 Å². The molecule has 0 spiro atoms. The highest BCUT2D eigenvalue weighted by Gasteiger charge is 2.40. The van der Waals surface area contributed by atoms with Gasteiger partial charge in [0.1, 0.15) is 24.9 Å². The normalized spacial score (nSPS) is 18.8. The molecule has 1 aliphatic heterocycles. The predicted octanol–water partition coefficient (Wildman–Crippen LogP) is 3.19. The van der Waals surface area contributed by atoms with Crippen LogP contribution < -0.4 is 10.1 Å². The number of carbonyl (C=O) groups is 2. The van der Waals surface area contributed by atoms with Gasteiger partial charge in [-0.25, -0.2) is 0 Å². The zero-order valence-corrected chi connectivity index (χ0v) is 16.4. The van der Waals surface area contributed by atoms with E-state index in [9.17, 15) is 9.59 Å². The Morgan fingerprint density at radius 2 is 1.83 bits per heavy atom. The van der Waals surface area contributed by atoms with Crippen LogP contribution in [0.4, 0.5) is 0 Å². The van der Waals surface area contributed by atoms with Crippen LogP contribution in [-0.2, 0) is 25.7 Å². The number of benzene rings is 2. The fourth-order valence-corrected chi connectivity index (χ4v) is 3.43. The number of carbonyl (C=O) groups excluding carboxylic acids is 2. The van der Waals surface area contributed by atoms with E-state index in [1.54, 1.807) is 0 Å². The molecule has 0 saturated carbocycles. The molecule has 0 unspecified atom stereocenters. The molecular weight excluding hydrogens is 370 g/mol. The van der Waals surface area contributed by atoms with Crippen LogP contribution in [-0.4, -0.2) is 32.2 Å². The summed E-state index contributed by atoms with van der Waals surface area (Å²) in [5.41, 5.74) is 2.16. The number of piperidine rings is 1. The maximum absolute atomic E-state index is 12.7. The summed E-state index contributed by atoms with van der Waals surface area (Å²) >= 11 is 0. The van der Waals surface area contributed by atoms with E-state index in [1.165, 1.54) is 7.11 Å². The standard InChI is InChI=1S/C23H25NO5/c1-16-22(23(26)28-13-12-27-2)19(14-21(25)24-16)18-10-6-7-11-20(18)29-15-17-8-4-3-5-9-17/h3-11,19,22H,1,12-15H2,2H3,(H,24,25)/t19-,22+/m0/s1. The lowest BCUT2D eigenvalue weighted by molar-refractivity contribution is -0.150. The quantitative estimate of drug-likeness (QED) is 0.549. The molecule has 2 aromatic carbocycles. The monoisotopic (exact) mass is 395 g/mol. The van der Waals surface area contributed by atoms with Gasteiger partial charge in [0.25, 0.3) is 0 Å². The Labute approximate surface area is 170 Å². The van der Waals surface area contributed by atoms with Gasteiger partial charge < -0.3 is 19.5 Å². The average molecular weight is 395 g/mol. The average Bonchev–Trinajstić information content (AvgIpc) is 2.72. The van der Waals surface area contributed by atoms with Crippen molar-refractivity contribution in [2.45, 2.75) is 18.9 Å². The molecule has 0 aromatic heterocycles. The number of para-hydroxylation sites is 1. The molecule has 1 heterocycles. The van der Waals surface area contributed by atoms with E-state index in [0.717, 1.165) is 11.1 Å². The van der Waals surface area contributed by atoms with Gasteiger partial charge in [-0.15, -0.1) is 0 Å². The summed E-state index contributed by atoms with van der Waals surface area (Å²) in [7, 11) is 1.54. The van der Waals surface area contributed by atoms with Gasteiger partial charge in [-0.2, -0.15) is 0 Å². The van der Waals surface area contributed by atoms with Gasteiger partial charge in [0.05, 0.1) is 6.61 Å². The molecule has 6 nitrogen and oxygen atoms in total. The van der Waals surface area contributed by atoms with Crippen LogP contribution in [0.5, 0.6) is 5.75 Å². The third-order valence-corrected chi connectivity index (χ3v) is 4.82. The van der Waals surface area contributed by atoms with Gasteiger partial charge in [-0.3, -0.25) is 9.59 Å². The molecule has 152 valence electrons. The fraction of sp³-hybridized carbons (Fsp3) is 0.304. The summed E-state index contributed by atoms with van der Waals surface area (Å²) in [5, 5.41) is 2.67. The first kappa shape index (κ1) is 20.6. The second-order valence-electron chi connectivity index (χ2n) is 6.83. The highest BCUT2D eigenvalue weighted by atomic mass is 16.6.